The molecule has 0 atom stereocenters. The van der Waals surface area contributed by atoms with E-state index in [9.17, 15) is 10.0 Å². The Morgan fingerprint density at radius 1 is 0.778 bits per heavy atom. The second-order valence-corrected chi connectivity index (χ2v) is 4.39. The average Bonchev–Trinajstić information content (AvgIpc) is 2.30. The molecule has 6 heteroatoms. The van der Waals surface area contributed by atoms with Gasteiger partial charge in [-0.2, -0.15) is 0 Å². The van der Waals surface area contributed by atoms with Crippen LogP contribution in [-0.2, 0) is 29.2 Å². The van der Waals surface area contributed by atoms with Gasteiger partial charge in [0.25, 0.3) is 0 Å². The van der Waals surface area contributed by atoms with Crippen LogP contribution < -0.4 is 10.0 Å². The molecule has 0 aromatic rings. The Morgan fingerprint density at radius 3 is 1.67 bits per heavy atom. The van der Waals surface area contributed by atoms with Crippen molar-refractivity contribution in [3.05, 3.63) is 0 Å². The Morgan fingerprint density at radius 2 is 1.22 bits per heavy atom. The van der Waals surface area contributed by atoms with Crippen molar-refractivity contribution >= 4 is 7.32 Å². The van der Waals surface area contributed by atoms with Crippen molar-refractivity contribution in [3.8, 4) is 0 Å². The van der Waals surface area contributed by atoms with Crippen LogP contribution in [0.3, 0.4) is 0 Å². The third kappa shape index (κ3) is 18.9. The Kier molecular flexibility index (Phi) is 20.3. The molecule has 0 aliphatic heterocycles. The molecule has 0 saturated heterocycles. The maximum atomic E-state index is 9.91. The van der Waals surface area contributed by atoms with E-state index in [1.807, 2.05) is 0 Å². The number of rotatable bonds is 13. The fourth-order valence-corrected chi connectivity index (χ4v) is 1.75. The molecule has 0 heterocycles. The molecule has 0 unspecified atom stereocenters. The zero-order valence-corrected chi connectivity index (χ0v) is 14.7. The monoisotopic (exact) mass is 308 g/mol. The van der Waals surface area contributed by atoms with Crippen LogP contribution in [0.4, 0.5) is 0 Å². The minimum absolute atomic E-state index is 0. The minimum atomic E-state index is -2.32. The normalized spacial score (nSPS) is 10.2. The standard InChI is InChI=1S/C12H25BO4.Zn/c1-2-3-4-5-6-7-8-9-10-11-12-16-17-13(14)15;/h2-12H2,1H3;/q-2;+2. The van der Waals surface area contributed by atoms with Gasteiger partial charge in [-0.25, -0.2) is 0 Å². The molecule has 0 saturated carbocycles. The summed E-state index contributed by atoms with van der Waals surface area (Å²) in [5.74, 6) is 0. The van der Waals surface area contributed by atoms with Crippen LogP contribution >= 0.6 is 0 Å². The van der Waals surface area contributed by atoms with Crippen molar-refractivity contribution in [3.63, 3.8) is 0 Å². The van der Waals surface area contributed by atoms with Crippen LogP contribution in [0.15, 0.2) is 0 Å². The van der Waals surface area contributed by atoms with Crippen LogP contribution in [0.25, 0.3) is 0 Å². The molecule has 0 radical (unpaired) electrons. The molecule has 0 aromatic heterocycles. The third-order valence-corrected chi connectivity index (χ3v) is 2.73. The molecular formula is C12H25BO4Zn. The van der Waals surface area contributed by atoms with E-state index in [1.165, 1.54) is 51.4 Å². The van der Waals surface area contributed by atoms with Crippen LogP contribution in [-0.4, -0.2) is 13.9 Å². The summed E-state index contributed by atoms with van der Waals surface area (Å²) in [4.78, 5) is 8.36. The summed E-state index contributed by atoms with van der Waals surface area (Å²) in [5, 5.41) is 19.8. The molecule has 0 aliphatic carbocycles. The number of hydrogen-bond acceptors (Lipinski definition) is 4. The van der Waals surface area contributed by atoms with Crippen molar-refractivity contribution in [1.82, 2.24) is 0 Å². The largest absolute Gasteiger partial charge is 2.00 e. The first-order valence-corrected chi connectivity index (χ1v) is 6.87. The van der Waals surface area contributed by atoms with Gasteiger partial charge in [-0.05, 0) is 6.42 Å². The van der Waals surface area contributed by atoms with Gasteiger partial charge in [0.15, 0.2) is 0 Å². The van der Waals surface area contributed by atoms with Gasteiger partial charge in [0.1, 0.15) is 7.32 Å². The Bertz CT molecular complexity index is 150. The maximum Gasteiger partial charge on any atom is 2.00 e. The molecule has 0 fully saturated rings. The fourth-order valence-electron chi connectivity index (χ4n) is 1.75. The van der Waals surface area contributed by atoms with E-state index >= 15 is 0 Å². The summed E-state index contributed by atoms with van der Waals surface area (Å²) in [7, 11) is -2.32. The fraction of sp³-hybridized carbons (Fsp3) is 1.00. The van der Waals surface area contributed by atoms with Crippen LogP contribution in [0.2, 0.25) is 0 Å². The van der Waals surface area contributed by atoms with Crippen LogP contribution in [0.5, 0.6) is 0 Å². The molecule has 0 rings (SSSR count). The van der Waals surface area contributed by atoms with E-state index in [1.54, 1.807) is 0 Å². The van der Waals surface area contributed by atoms with Crippen molar-refractivity contribution in [2.75, 3.05) is 6.61 Å². The summed E-state index contributed by atoms with van der Waals surface area (Å²) in [6, 6.07) is 0. The van der Waals surface area contributed by atoms with Gasteiger partial charge >= 0.3 is 19.5 Å². The Hall–Kier alpha value is 0.528. The van der Waals surface area contributed by atoms with Gasteiger partial charge in [0.05, 0.1) is 6.61 Å². The number of unbranched alkanes of at least 4 members (excludes halogenated alkanes) is 9. The first-order valence-electron chi connectivity index (χ1n) is 6.87. The zero-order valence-electron chi connectivity index (χ0n) is 11.7. The summed E-state index contributed by atoms with van der Waals surface area (Å²) >= 11 is 0. The van der Waals surface area contributed by atoms with Gasteiger partial charge in [-0.3, -0.25) is 4.89 Å². The van der Waals surface area contributed by atoms with Gasteiger partial charge < -0.3 is 14.9 Å². The van der Waals surface area contributed by atoms with Crippen molar-refractivity contribution in [1.29, 1.82) is 0 Å². The zero-order chi connectivity index (χ0) is 12.8. The molecule has 0 aromatic carbocycles. The van der Waals surface area contributed by atoms with Crippen molar-refractivity contribution in [2.24, 2.45) is 0 Å². The molecule has 0 spiro atoms. The predicted octanol–water partition coefficient (Wildman–Crippen LogP) is 1.56. The molecular weight excluding hydrogens is 284 g/mol. The molecule has 0 bridgehead atoms. The Balaban J connectivity index is 0. The van der Waals surface area contributed by atoms with E-state index < -0.39 is 7.32 Å². The molecule has 0 N–H and O–H groups in total. The second-order valence-electron chi connectivity index (χ2n) is 4.39. The van der Waals surface area contributed by atoms with Gasteiger partial charge in [0, 0.05) is 0 Å². The van der Waals surface area contributed by atoms with E-state index in [-0.39, 0.29) is 19.5 Å². The minimum Gasteiger partial charge on any atom is -0.868 e. The molecule has 0 aliphatic rings. The van der Waals surface area contributed by atoms with Gasteiger partial charge in [0.2, 0.25) is 0 Å². The van der Waals surface area contributed by atoms with Gasteiger partial charge in [-0.1, -0.05) is 64.7 Å². The predicted molar refractivity (Wildman–Crippen MR) is 64.6 cm³/mol. The van der Waals surface area contributed by atoms with E-state index in [4.69, 9.17) is 0 Å². The topological polar surface area (TPSA) is 64.6 Å². The second kappa shape index (κ2) is 17.5. The molecule has 4 nitrogen and oxygen atoms in total. The quantitative estimate of drug-likeness (QED) is 0.224. The SMILES string of the molecule is CCCCCCCCCCCCOOB([O-])[O-].[Zn+2]. The first-order chi connectivity index (χ1) is 8.27. The smallest absolute Gasteiger partial charge is 0.868 e. The molecule has 0 amide bonds. The molecule has 18 heavy (non-hydrogen) atoms. The van der Waals surface area contributed by atoms with Crippen molar-refractivity contribution < 1.29 is 39.2 Å². The Labute approximate surface area is 124 Å². The summed E-state index contributed by atoms with van der Waals surface area (Å²) in [6.07, 6.45) is 12.4. The van der Waals surface area contributed by atoms with E-state index in [2.05, 4.69) is 16.6 Å². The van der Waals surface area contributed by atoms with E-state index in [0.29, 0.717) is 6.61 Å². The summed E-state index contributed by atoms with van der Waals surface area (Å²) in [6.45, 7) is 2.57. The third-order valence-electron chi connectivity index (χ3n) is 2.73. The van der Waals surface area contributed by atoms with E-state index in [0.717, 1.165) is 12.8 Å². The van der Waals surface area contributed by atoms with Crippen LogP contribution in [0, 0.1) is 0 Å². The summed E-state index contributed by atoms with van der Waals surface area (Å²) in [5.41, 5.74) is 0. The van der Waals surface area contributed by atoms with Crippen molar-refractivity contribution in [2.45, 2.75) is 71.1 Å². The summed E-state index contributed by atoms with van der Waals surface area (Å²) < 4.78 is 0. The van der Waals surface area contributed by atoms with Gasteiger partial charge in [-0.15, -0.1) is 0 Å². The molecule has 102 valence electrons. The average molecular weight is 310 g/mol. The first kappa shape index (κ1) is 20.8. The maximum absolute atomic E-state index is 9.91. The van der Waals surface area contributed by atoms with Crippen LogP contribution in [0.1, 0.15) is 71.1 Å². The number of hydrogen-bond donors (Lipinski definition) is 0.